The molecule has 26 heavy (non-hydrogen) atoms. The van der Waals surface area contributed by atoms with E-state index in [4.69, 9.17) is 0 Å². The summed E-state index contributed by atoms with van der Waals surface area (Å²) in [6, 6.07) is 17.1. The Balaban J connectivity index is 1.65. The van der Waals surface area contributed by atoms with Crippen LogP contribution in [0.5, 0.6) is 0 Å². The number of hydrazone groups is 1. The number of amides is 2. The maximum Gasteiger partial charge on any atom is 0.251 e. The quantitative estimate of drug-likeness (QED) is 0.434. The van der Waals surface area contributed by atoms with E-state index in [1.165, 1.54) is 5.56 Å². The van der Waals surface area contributed by atoms with Crippen LogP contribution in [0.3, 0.4) is 0 Å². The molecule has 0 heterocycles. The Morgan fingerprint density at radius 2 is 1.73 bits per heavy atom. The molecule has 5 heteroatoms. The molecular weight excluding hydrogens is 326 g/mol. The van der Waals surface area contributed by atoms with Crippen molar-refractivity contribution in [3.05, 3.63) is 71.3 Å². The van der Waals surface area contributed by atoms with Gasteiger partial charge in [0.05, 0.1) is 6.21 Å². The molecule has 5 nitrogen and oxygen atoms in total. The van der Waals surface area contributed by atoms with Crippen molar-refractivity contribution in [3.63, 3.8) is 0 Å². The second-order valence-electron chi connectivity index (χ2n) is 6.34. The number of carbonyl (C=O) groups excluding carboxylic acids is 2. The van der Waals surface area contributed by atoms with E-state index in [1.54, 1.807) is 18.3 Å². The van der Waals surface area contributed by atoms with Gasteiger partial charge in [0, 0.05) is 18.5 Å². The van der Waals surface area contributed by atoms with Crippen molar-refractivity contribution >= 4 is 18.0 Å². The summed E-state index contributed by atoms with van der Waals surface area (Å²) in [4.78, 5) is 23.6. The zero-order chi connectivity index (χ0) is 18.8. The van der Waals surface area contributed by atoms with E-state index < -0.39 is 0 Å². The Morgan fingerprint density at radius 3 is 2.38 bits per heavy atom. The summed E-state index contributed by atoms with van der Waals surface area (Å²) in [5.41, 5.74) is 5.32. The van der Waals surface area contributed by atoms with E-state index >= 15 is 0 Å². The maximum absolute atomic E-state index is 11.8. The van der Waals surface area contributed by atoms with Crippen LogP contribution in [0.15, 0.2) is 59.7 Å². The van der Waals surface area contributed by atoms with Crippen LogP contribution in [0.25, 0.3) is 0 Å². The molecule has 0 aliphatic rings. The van der Waals surface area contributed by atoms with Crippen molar-refractivity contribution in [2.75, 3.05) is 6.54 Å². The molecule has 2 N–H and O–H groups in total. The van der Waals surface area contributed by atoms with Crippen LogP contribution in [0.1, 0.15) is 54.1 Å². The molecule has 2 rings (SSSR count). The lowest BCUT2D eigenvalue weighted by molar-refractivity contribution is -0.121. The average Bonchev–Trinajstić information content (AvgIpc) is 2.66. The maximum atomic E-state index is 11.8. The summed E-state index contributed by atoms with van der Waals surface area (Å²) < 4.78 is 0. The first-order valence-electron chi connectivity index (χ1n) is 8.81. The molecule has 2 aromatic carbocycles. The van der Waals surface area contributed by atoms with Crippen LogP contribution in [0.2, 0.25) is 0 Å². The van der Waals surface area contributed by atoms with Gasteiger partial charge in [-0.2, -0.15) is 5.10 Å². The highest BCUT2D eigenvalue weighted by molar-refractivity contribution is 5.94. The van der Waals surface area contributed by atoms with Gasteiger partial charge in [0.25, 0.3) is 5.91 Å². The molecule has 136 valence electrons. The Kier molecular flexibility index (Phi) is 7.55. The molecule has 0 spiro atoms. The van der Waals surface area contributed by atoms with Crippen molar-refractivity contribution in [2.45, 2.75) is 32.6 Å². The third kappa shape index (κ3) is 6.51. The Labute approximate surface area is 154 Å². The van der Waals surface area contributed by atoms with Crippen LogP contribution in [0.4, 0.5) is 0 Å². The van der Waals surface area contributed by atoms with Crippen LogP contribution >= 0.6 is 0 Å². The van der Waals surface area contributed by atoms with Crippen molar-refractivity contribution in [1.82, 2.24) is 10.7 Å². The first-order valence-corrected chi connectivity index (χ1v) is 8.81. The van der Waals surface area contributed by atoms with Gasteiger partial charge in [0.1, 0.15) is 0 Å². The summed E-state index contributed by atoms with van der Waals surface area (Å²) in [5, 5.41) is 6.76. The van der Waals surface area contributed by atoms with Crippen molar-refractivity contribution in [2.24, 2.45) is 5.10 Å². The predicted octanol–water partition coefficient (Wildman–Crippen LogP) is 3.47. The van der Waals surface area contributed by atoms with Gasteiger partial charge in [-0.05, 0) is 35.6 Å². The number of benzene rings is 2. The van der Waals surface area contributed by atoms with E-state index in [0.29, 0.717) is 30.9 Å². The molecule has 0 aliphatic carbocycles. The molecule has 0 saturated heterocycles. The molecule has 0 atom stereocenters. The summed E-state index contributed by atoms with van der Waals surface area (Å²) in [6.07, 6.45) is 2.49. The highest BCUT2D eigenvalue weighted by Crippen LogP contribution is 2.13. The number of carbonyl (C=O) groups is 2. The van der Waals surface area contributed by atoms with Crippen LogP contribution in [-0.4, -0.2) is 24.6 Å². The Bertz CT molecular complexity index is 738. The number of rotatable bonds is 8. The monoisotopic (exact) mass is 351 g/mol. The van der Waals surface area contributed by atoms with Gasteiger partial charge in [-0.25, -0.2) is 5.43 Å². The van der Waals surface area contributed by atoms with E-state index in [9.17, 15) is 9.59 Å². The molecule has 0 aliphatic heterocycles. The van der Waals surface area contributed by atoms with Crippen molar-refractivity contribution in [1.29, 1.82) is 0 Å². The summed E-state index contributed by atoms with van der Waals surface area (Å²) in [7, 11) is 0. The fourth-order valence-electron chi connectivity index (χ4n) is 2.34. The zero-order valence-electron chi connectivity index (χ0n) is 15.2. The normalized spacial score (nSPS) is 10.9. The fourth-order valence-corrected chi connectivity index (χ4v) is 2.34. The third-order valence-corrected chi connectivity index (χ3v) is 3.91. The van der Waals surface area contributed by atoms with Crippen LogP contribution in [0, 0.1) is 0 Å². The van der Waals surface area contributed by atoms with Gasteiger partial charge in [0.2, 0.25) is 5.91 Å². The minimum atomic E-state index is -0.172. The lowest BCUT2D eigenvalue weighted by atomic mass is 10.0. The van der Waals surface area contributed by atoms with Crippen molar-refractivity contribution in [3.8, 4) is 0 Å². The fraction of sp³-hybridized carbons (Fsp3) is 0.286. The number of nitrogens with one attached hydrogen (secondary N) is 2. The van der Waals surface area contributed by atoms with Crippen LogP contribution < -0.4 is 10.7 Å². The SMILES string of the molecule is CC(C)c1ccc(/C=N\NC(=O)CCCNC(=O)c2ccccc2)cc1. The Hall–Kier alpha value is -2.95. The van der Waals surface area contributed by atoms with E-state index in [-0.39, 0.29) is 11.8 Å². The zero-order valence-corrected chi connectivity index (χ0v) is 15.2. The minimum absolute atomic E-state index is 0.131. The van der Waals surface area contributed by atoms with Gasteiger partial charge < -0.3 is 5.32 Å². The third-order valence-electron chi connectivity index (χ3n) is 3.91. The van der Waals surface area contributed by atoms with E-state index in [0.717, 1.165) is 5.56 Å². The second kappa shape index (κ2) is 10.1. The second-order valence-corrected chi connectivity index (χ2v) is 6.34. The molecule has 0 saturated carbocycles. The summed E-state index contributed by atoms with van der Waals surface area (Å²) >= 11 is 0. The number of hydrogen-bond acceptors (Lipinski definition) is 3. The number of nitrogens with zero attached hydrogens (tertiary/aromatic N) is 1. The lowest BCUT2D eigenvalue weighted by Gasteiger charge is -2.05. The highest BCUT2D eigenvalue weighted by atomic mass is 16.2. The minimum Gasteiger partial charge on any atom is -0.352 e. The topological polar surface area (TPSA) is 70.6 Å². The first kappa shape index (κ1) is 19.4. The lowest BCUT2D eigenvalue weighted by Crippen LogP contribution is -2.26. The first-order chi connectivity index (χ1) is 12.6. The summed E-state index contributed by atoms with van der Waals surface area (Å²) in [5.74, 6) is 0.186. The van der Waals surface area contributed by atoms with Gasteiger partial charge >= 0.3 is 0 Å². The molecule has 0 radical (unpaired) electrons. The largest absolute Gasteiger partial charge is 0.352 e. The highest BCUT2D eigenvalue weighted by Gasteiger charge is 2.04. The van der Waals surface area contributed by atoms with Crippen LogP contribution in [-0.2, 0) is 4.79 Å². The number of hydrogen-bond donors (Lipinski definition) is 2. The van der Waals surface area contributed by atoms with Gasteiger partial charge in [-0.15, -0.1) is 0 Å². The molecule has 0 bridgehead atoms. The molecule has 0 unspecified atom stereocenters. The molecular formula is C21H25N3O2. The van der Waals surface area contributed by atoms with E-state index in [2.05, 4.69) is 41.8 Å². The molecule has 2 aromatic rings. The molecule has 0 aromatic heterocycles. The van der Waals surface area contributed by atoms with Gasteiger partial charge in [0.15, 0.2) is 0 Å². The van der Waals surface area contributed by atoms with E-state index in [1.807, 2.05) is 30.3 Å². The average molecular weight is 351 g/mol. The standard InChI is InChI=1S/C21H25N3O2/c1-16(2)18-12-10-17(11-13-18)15-23-24-20(25)9-6-14-22-21(26)19-7-4-3-5-8-19/h3-5,7-8,10-13,15-16H,6,9,14H2,1-2H3,(H,22,26)(H,24,25)/b23-15-. The predicted molar refractivity (Wildman–Crippen MR) is 104 cm³/mol. The van der Waals surface area contributed by atoms with Gasteiger partial charge in [-0.1, -0.05) is 56.3 Å². The smallest absolute Gasteiger partial charge is 0.251 e. The Morgan fingerprint density at radius 1 is 1.04 bits per heavy atom. The summed E-state index contributed by atoms with van der Waals surface area (Å²) in [6.45, 7) is 4.73. The molecule has 2 amide bonds. The van der Waals surface area contributed by atoms with Gasteiger partial charge in [-0.3, -0.25) is 9.59 Å². The molecule has 0 fully saturated rings. The van der Waals surface area contributed by atoms with Crippen molar-refractivity contribution < 1.29 is 9.59 Å².